The van der Waals surface area contributed by atoms with E-state index in [-0.39, 0.29) is 37.7 Å². The van der Waals surface area contributed by atoms with Gasteiger partial charge < -0.3 is 20.9 Å². The smallest absolute Gasteiger partial charge is 0.462 e. The van der Waals surface area contributed by atoms with Gasteiger partial charge in [0.05, 0.1) is 24.3 Å². The van der Waals surface area contributed by atoms with E-state index in [9.17, 15) is 14.4 Å². The quantitative estimate of drug-likeness (QED) is 0.115. The van der Waals surface area contributed by atoms with Crippen LogP contribution in [-0.4, -0.2) is 37.2 Å². The topological polar surface area (TPSA) is 139 Å². The third kappa shape index (κ3) is 12.5. The summed E-state index contributed by atoms with van der Waals surface area (Å²) in [7, 11) is 0. The molecule has 8 nitrogen and oxygen atoms in total. The van der Waals surface area contributed by atoms with Crippen molar-refractivity contribution >= 4 is 60.6 Å². The Kier molecular flexibility index (Phi) is 17.1. The summed E-state index contributed by atoms with van der Waals surface area (Å²) in [5, 5.41) is 0. The number of hydrogen-bond donors (Lipinski definition) is 4. The number of aldehydes is 1. The maximum atomic E-state index is 11.2. The number of hydrogen-bond acceptors (Lipinski definition) is 10. The van der Waals surface area contributed by atoms with Crippen LogP contribution in [0.3, 0.4) is 0 Å². The van der Waals surface area contributed by atoms with Crippen molar-refractivity contribution in [2.45, 2.75) is 30.6 Å². The summed E-state index contributed by atoms with van der Waals surface area (Å²) in [5.41, 5.74) is 13.1. The molecule has 168 valence electrons. The molecule has 0 fully saturated rings. The van der Waals surface area contributed by atoms with Crippen LogP contribution in [0.25, 0.3) is 0 Å². The van der Waals surface area contributed by atoms with Gasteiger partial charge >= 0.3 is 31.4 Å². The summed E-state index contributed by atoms with van der Waals surface area (Å²) in [6.07, 6.45) is 0.278. The summed E-state index contributed by atoms with van der Waals surface area (Å²) >= 11 is 8.19. The number of nitrogens with two attached hydrogens (primary N) is 2. The predicted octanol–water partition coefficient (Wildman–Crippen LogP) is 3.24. The number of ether oxygens (including phenoxy) is 2. The predicted molar refractivity (Wildman–Crippen MR) is 125 cm³/mol. The molecule has 32 heavy (non-hydrogen) atoms. The number of benzene rings is 2. The molecule has 11 heteroatoms. The maximum Gasteiger partial charge on any atom is 2.00 e. The van der Waals surface area contributed by atoms with E-state index in [1.54, 1.807) is 50.2 Å². The van der Waals surface area contributed by atoms with Crippen LogP contribution in [0.4, 0.5) is 11.4 Å². The summed E-state index contributed by atoms with van der Waals surface area (Å²) in [6, 6.07) is 9.69. The third-order valence-corrected chi connectivity index (χ3v) is 4.02. The van der Waals surface area contributed by atoms with Crippen LogP contribution in [0.5, 0.6) is 0 Å². The number of esters is 2. The standard InChI is InChI=1S/2C9H11NO2S.C3H4O2.Zn/c2*1-2-12-9(11)6-3-4-7(10)8(13)5-6;1-3(5)2-4;/h2*3-5,13H,2,10H2,1H3;2H,1H3;/q;;;+2. The zero-order valence-corrected chi connectivity index (χ0v) is 22.9. The van der Waals surface area contributed by atoms with E-state index in [4.69, 9.17) is 25.7 Å². The molecule has 0 atom stereocenters. The molecule has 0 aliphatic rings. The SMILES string of the molecule is CC(=O)C=O.CCOC(=O)c1ccc(N)c(S)c1.CCOC(=O)c1ccc(N)c(S)c1.[Zn+2]. The first-order valence-electron chi connectivity index (χ1n) is 9.04. The second-order valence-electron chi connectivity index (χ2n) is 5.72. The fraction of sp³-hybridized carbons (Fsp3) is 0.238. The van der Waals surface area contributed by atoms with Crippen molar-refractivity contribution in [2.75, 3.05) is 24.7 Å². The van der Waals surface area contributed by atoms with Crippen molar-refractivity contribution in [3.63, 3.8) is 0 Å². The van der Waals surface area contributed by atoms with E-state index in [0.717, 1.165) is 0 Å². The number of rotatable bonds is 5. The zero-order chi connectivity index (χ0) is 24.0. The van der Waals surface area contributed by atoms with Crippen LogP contribution >= 0.6 is 25.3 Å². The second-order valence-corrected chi connectivity index (χ2v) is 6.68. The first-order chi connectivity index (χ1) is 14.6. The van der Waals surface area contributed by atoms with E-state index >= 15 is 0 Å². The molecule has 2 aromatic rings. The van der Waals surface area contributed by atoms with Crippen molar-refractivity contribution < 1.29 is 48.1 Å². The summed E-state index contributed by atoms with van der Waals surface area (Å²) in [5.74, 6) is -1.12. The number of nitrogen functional groups attached to an aromatic ring is 2. The van der Waals surface area contributed by atoms with Gasteiger partial charge in [0.2, 0.25) is 0 Å². The number of carbonyl (C=O) groups excluding carboxylic acids is 4. The van der Waals surface area contributed by atoms with E-state index in [1.807, 2.05) is 0 Å². The molecule has 0 saturated heterocycles. The molecule has 0 aromatic heterocycles. The molecule has 0 radical (unpaired) electrons. The van der Waals surface area contributed by atoms with Gasteiger partial charge in [-0.2, -0.15) is 0 Å². The first kappa shape index (κ1) is 31.8. The molecule has 0 bridgehead atoms. The molecule has 2 rings (SSSR count). The van der Waals surface area contributed by atoms with E-state index in [1.165, 1.54) is 6.92 Å². The van der Waals surface area contributed by atoms with Crippen LogP contribution in [-0.2, 0) is 38.5 Å². The van der Waals surface area contributed by atoms with Gasteiger partial charge in [-0.3, -0.25) is 9.59 Å². The minimum Gasteiger partial charge on any atom is -0.462 e. The molecule has 0 aliphatic heterocycles. The van der Waals surface area contributed by atoms with Gasteiger partial charge in [-0.25, -0.2) is 9.59 Å². The van der Waals surface area contributed by atoms with Gasteiger partial charge in [0.15, 0.2) is 12.1 Å². The van der Waals surface area contributed by atoms with Crippen LogP contribution in [0.2, 0.25) is 0 Å². The minimum absolute atomic E-state index is 0. The van der Waals surface area contributed by atoms with Crippen molar-refractivity contribution in [2.24, 2.45) is 0 Å². The second kappa shape index (κ2) is 17.2. The van der Waals surface area contributed by atoms with Crippen LogP contribution < -0.4 is 11.5 Å². The molecule has 0 unspecified atom stereocenters. The van der Waals surface area contributed by atoms with Gasteiger partial charge in [-0.1, -0.05) is 0 Å². The van der Waals surface area contributed by atoms with Gasteiger partial charge in [-0.15, -0.1) is 25.3 Å². The monoisotopic (exact) mass is 530 g/mol. The van der Waals surface area contributed by atoms with Crippen LogP contribution in [0.1, 0.15) is 41.5 Å². The Hall–Kier alpha value is -2.36. The minimum atomic E-state index is -0.426. The fourth-order valence-corrected chi connectivity index (χ4v) is 2.20. The van der Waals surface area contributed by atoms with Crippen molar-refractivity contribution in [1.82, 2.24) is 0 Å². The number of anilines is 2. The zero-order valence-electron chi connectivity index (χ0n) is 18.2. The Morgan fingerprint density at radius 3 is 1.38 bits per heavy atom. The normalized spacial score (nSPS) is 8.91. The third-order valence-electron chi connectivity index (χ3n) is 3.25. The summed E-state index contributed by atoms with van der Waals surface area (Å²) in [4.78, 5) is 42.2. The summed E-state index contributed by atoms with van der Waals surface area (Å²) in [6.45, 7) is 5.47. The summed E-state index contributed by atoms with van der Waals surface area (Å²) < 4.78 is 9.62. The molecular formula is C21H26N2O6S2Zn+2. The first-order valence-corrected chi connectivity index (χ1v) is 9.93. The molecule has 0 aliphatic carbocycles. The number of ketones is 1. The van der Waals surface area contributed by atoms with Crippen molar-refractivity contribution in [3.8, 4) is 0 Å². The number of thiol groups is 2. The Morgan fingerprint density at radius 1 is 0.844 bits per heavy atom. The average Bonchev–Trinajstić information content (AvgIpc) is 2.73. The fourth-order valence-electron chi connectivity index (χ4n) is 1.77. The van der Waals surface area contributed by atoms with Crippen LogP contribution in [0, 0.1) is 0 Å². The molecule has 0 amide bonds. The van der Waals surface area contributed by atoms with Crippen molar-refractivity contribution in [1.29, 1.82) is 0 Å². The largest absolute Gasteiger partial charge is 2.00 e. The van der Waals surface area contributed by atoms with Gasteiger partial charge in [-0.05, 0) is 50.2 Å². The molecule has 2 aromatic carbocycles. The number of carbonyl (C=O) groups is 4. The Balaban J connectivity index is 0. The van der Waals surface area contributed by atoms with Crippen molar-refractivity contribution in [3.05, 3.63) is 47.5 Å². The molecule has 4 N–H and O–H groups in total. The Bertz CT molecular complexity index is 860. The Morgan fingerprint density at radius 2 is 1.16 bits per heavy atom. The number of Topliss-reactive ketones (excluding diaryl/α,β-unsaturated/α-hetero) is 1. The molecule has 0 saturated carbocycles. The molecule has 0 spiro atoms. The van der Waals surface area contributed by atoms with Gasteiger partial charge in [0, 0.05) is 28.1 Å². The van der Waals surface area contributed by atoms with E-state index in [2.05, 4.69) is 25.3 Å². The van der Waals surface area contributed by atoms with Gasteiger partial charge in [0.25, 0.3) is 0 Å². The Labute approximate surface area is 211 Å². The maximum absolute atomic E-state index is 11.2. The molecule has 0 heterocycles. The van der Waals surface area contributed by atoms with Gasteiger partial charge in [0.1, 0.15) is 0 Å². The molecular weight excluding hydrogens is 506 g/mol. The van der Waals surface area contributed by atoms with Crippen LogP contribution in [0.15, 0.2) is 46.2 Å². The van der Waals surface area contributed by atoms with E-state index < -0.39 is 5.78 Å². The van der Waals surface area contributed by atoms with E-state index in [0.29, 0.717) is 45.5 Å². The average molecular weight is 532 g/mol.